The minimum Gasteiger partial charge on any atom is -0.492 e. The Morgan fingerprint density at radius 3 is 2.92 bits per heavy atom. The molecule has 0 spiro atoms. The van der Waals surface area contributed by atoms with Gasteiger partial charge in [0.2, 0.25) is 5.88 Å². The molecule has 0 saturated carbocycles. The fourth-order valence-electron chi connectivity index (χ4n) is 0.809. The average Bonchev–Trinajstić information content (AvgIpc) is 2.10. The number of aromatic hydroxyl groups is 1. The molecule has 0 atom stereocenters. The minimum absolute atomic E-state index is 0.207. The van der Waals surface area contributed by atoms with Gasteiger partial charge in [0.05, 0.1) is 6.61 Å². The summed E-state index contributed by atoms with van der Waals surface area (Å²) >= 11 is 1.74. The van der Waals surface area contributed by atoms with Crippen molar-refractivity contribution in [3.05, 3.63) is 19.7 Å². The first-order chi connectivity index (χ1) is 6.15. The van der Waals surface area contributed by atoms with Gasteiger partial charge in [-0.05, 0) is 22.6 Å². The Kier molecular flexibility index (Phi) is 3.67. The summed E-state index contributed by atoms with van der Waals surface area (Å²) in [6.45, 7) is 0.461. The second-order valence-electron chi connectivity index (χ2n) is 2.39. The number of hydrogen-bond donors (Lipinski definition) is 2. The quantitative estimate of drug-likeness (QED) is 0.785. The maximum absolute atomic E-state index is 11.1. The monoisotopic (exact) mass is 296 g/mol. The second kappa shape index (κ2) is 4.56. The molecule has 1 rings (SSSR count). The summed E-state index contributed by atoms with van der Waals surface area (Å²) in [7, 11) is 1.56. The van der Waals surface area contributed by atoms with E-state index in [-0.39, 0.29) is 15.0 Å². The van der Waals surface area contributed by atoms with Crippen LogP contribution in [0.1, 0.15) is 5.82 Å². The first-order valence-corrected chi connectivity index (χ1v) is 4.69. The SMILES string of the molecule is COCCc1nc(O)c(I)c(=O)[nH]1. The number of H-pyrrole nitrogens is 1. The van der Waals surface area contributed by atoms with E-state index in [2.05, 4.69) is 9.97 Å². The van der Waals surface area contributed by atoms with E-state index >= 15 is 0 Å². The minimum atomic E-state index is -0.320. The van der Waals surface area contributed by atoms with Gasteiger partial charge < -0.3 is 14.8 Å². The van der Waals surface area contributed by atoms with Gasteiger partial charge in [0.25, 0.3) is 5.56 Å². The highest BCUT2D eigenvalue weighted by atomic mass is 127. The van der Waals surface area contributed by atoms with Crippen molar-refractivity contribution in [2.24, 2.45) is 0 Å². The number of nitrogens with zero attached hydrogens (tertiary/aromatic N) is 1. The molecule has 0 unspecified atom stereocenters. The Balaban J connectivity index is 2.93. The average molecular weight is 296 g/mol. The van der Waals surface area contributed by atoms with Crippen LogP contribution in [0.15, 0.2) is 4.79 Å². The molecule has 0 radical (unpaired) electrons. The number of methoxy groups -OCH3 is 1. The number of hydrogen-bond acceptors (Lipinski definition) is 4. The number of aromatic nitrogens is 2. The van der Waals surface area contributed by atoms with Crippen LogP contribution in [0.4, 0.5) is 0 Å². The van der Waals surface area contributed by atoms with E-state index in [1.165, 1.54) is 0 Å². The fourth-order valence-corrected chi connectivity index (χ4v) is 1.06. The topological polar surface area (TPSA) is 75.2 Å². The Morgan fingerprint density at radius 2 is 2.38 bits per heavy atom. The highest BCUT2D eigenvalue weighted by Crippen LogP contribution is 2.10. The van der Waals surface area contributed by atoms with Crippen LogP contribution < -0.4 is 5.56 Å². The lowest BCUT2D eigenvalue weighted by Crippen LogP contribution is -2.15. The first-order valence-electron chi connectivity index (χ1n) is 3.61. The van der Waals surface area contributed by atoms with E-state index in [9.17, 15) is 9.90 Å². The molecule has 1 aromatic rings. The molecule has 0 fully saturated rings. The Hall–Kier alpha value is -0.630. The molecule has 0 aliphatic heterocycles. The number of rotatable bonds is 3. The Labute approximate surface area is 88.3 Å². The van der Waals surface area contributed by atoms with Gasteiger partial charge in [-0.15, -0.1) is 0 Å². The number of ether oxygens (including phenoxy) is 1. The van der Waals surface area contributed by atoms with Gasteiger partial charge >= 0.3 is 0 Å². The van der Waals surface area contributed by atoms with Crippen molar-refractivity contribution in [3.63, 3.8) is 0 Å². The molecule has 0 amide bonds. The molecule has 5 nitrogen and oxygen atoms in total. The summed E-state index contributed by atoms with van der Waals surface area (Å²) in [6.07, 6.45) is 0.482. The van der Waals surface area contributed by atoms with Gasteiger partial charge in [-0.25, -0.2) is 0 Å². The van der Waals surface area contributed by atoms with Crippen LogP contribution in [0, 0.1) is 3.57 Å². The Bertz CT molecular complexity index is 350. The molecular weight excluding hydrogens is 287 g/mol. The van der Waals surface area contributed by atoms with Crippen LogP contribution in [-0.4, -0.2) is 28.8 Å². The smallest absolute Gasteiger partial charge is 0.268 e. The summed E-state index contributed by atoms with van der Waals surface area (Å²) in [5.41, 5.74) is -0.320. The van der Waals surface area contributed by atoms with Crippen molar-refractivity contribution in [2.75, 3.05) is 13.7 Å². The molecule has 2 N–H and O–H groups in total. The normalized spacial score (nSPS) is 10.3. The summed E-state index contributed by atoms with van der Waals surface area (Å²) in [6, 6.07) is 0. The first kappa shape index (κ1) is 10.5. The van der Waals surface area contributed by atoms with Crippen LogP contribution in [0.25, 0.3) is 0 Å². The van der Waals surface area contributed by atoms with E-state index < -0.39 is 0 Å². The number of aromatic amines is 1. The standard InChI is InChI=1S/C7H9IN2O3/c1-13-3-2-4-9-6(11)5(8)7(12)10-4/h2-3H2,1H3,(H2,9,10,11,12). The van der Waals surface area contributed by atoms with Crippen LogP contribution in [0.3, 0.4) is 0 Å². The summed E-state index contributed by atoms with van der Waals surface area (Å²) < 4.78 is 5.02. The van der Waals surface area contributed by atoms with Gasteiger partial charge in [-0.1, -0.05) is 0 Å². The third kappa shape index (κ3) is 2.66. The predicted octanol–water partition coefficient (Wildman–Crippen LogP) is 0.269. The maximum atomic E-state index is 11.1. The molecule has 1 heterocycles. The third-order valence-corrected chi connectivity index (χ3v) is 2.41. The number of nitrogens with one attached hydrogen (secondary N) is 1. The summed E-state index contributed by atoms with van der Waals surface area (Å²) in [5.74, 6) is 0.209. The molecule has 0 saturated heterocycles. The van der Waals surface area contributed by atoms with E-state index in [0.717, 1.165) is 0 Å². The van der Waals surface area contributed by atoms with Crippen molar-refractivity contribution in [1.29, 1.82) is 0 Å². The molecule has 13 heavy (non-hydrogen) atoms. The molecule has 0 bridgehead atoms. The van der Waals surface area contributed by atoms with Crippen molar-refractivity contribution >= 4 is 22.6 Å². The van der Waals surface area contributed by atoms with Crippen molar-refractivity contribution in [2.45, 2.75) is 6.42 Å². The van der Waals surface area contributed by atoms with Crippen LogP contribution in [-0.2, 0) is 11.2 Å². The predicted molar refractivity (Wildman–Crippen MR) is 54.8 cm³/mol. The van der Waals surface area contributed by atoms with Crippen LogP contribution >= 0.6 is 22.6 Å². The van der Waals surface area contributed by atoms with Gasteiger partial charge in [0.1, 0.15) is 9.39 Å². The zero-order chi connectivity index (χ0) is 9.84. The van der Waals surface area contributed by atoms with E-state index in [1.807, 2.05) is 0 Å². The lowest BCUT2D eigenvalue weighted by molar-refractivity contribution is 0.200. The molecule has 1 aromatic heterocycles. The zero-order valence-electron chi connectivity index (χ0n) is 7.00. The lowest BCUT2D eigenvalue weighted by Gasteiger charge is -2.00. The lowest BCUT2D eigenvalue weighted by atomic mass is 10.4. The van der Waals surface area contributed by atoms with Gasteiger partial charge in [0.15, 0.2) is 0 Å². The summed E-state index contributed by atoms with van der Waals surface area (Å²) in [4.78, 5) is 17.4. The molecule has 72 valence electrons. The molecule has 0 aliphatic rings. The van der Waals surface area contributed by atoms with E-state index in [0.29, 0.717) is 18.9 Å². The molecular formula is C7H9IN2O3. The highest BCUT2D eigenvalue weighted by molar-refractivity contribution is 14.1. The number of halogens is 1. The molecule has 0 aromatic carbocycles. The third-order valence-electron chi connectivity index (χ3n) is 1.44. The van der Waals surface area contributed by atoms with E-state index in [4.69, 9.17) is 4.74 Å². The second-order valence-corrected chi connectivity index (χ2v) is 3.47. The zero-order valence-corrected chi connectivity index (χ0v) is 9.16. The molecule has 0 aliphatic carbocycles. The van der Waals surface area contributed by atoms with Crippen molar-refractivity contribution < 1.29 is 9.84 Å². The largest absolute Gasteiger partial charge is 0.492 e. The summed E-state index contributed by atoms with van der Waals surface area (Å²) in [5, 5.41) is 9.20. The van der Waals surface area contributed by atoms with Crippen LogP contribution in [0.2, 0.25) is 0 Å². The molecule has 6 heteroatoms. The fraction of sp³-hybridized carbons (Fsp3) is 0.429. The van der Waals surface area contributed by atoms with Gasteiger partial charge in [-0.3, -0.25) is 4.79 Å². The maximum Gasteiger partial charge on any atom is 0.268 e. The Morgan fingerprint density at radius 1 is 1.69 bits per heavy atom. The van der Waals surface area contributed by atoms with Gasteiger partial charge in [-0.2, -0.15) is 4.98 Å². The van der Waals surface area contributed by atoms with Gasteiger partial charge in [0, 0.05) is 13.5 Å². The highest BCUT2D eigenvalue weighted by Gasteiger charge is 2.06. The van der Waals surface area contributed by atoms with Crippen LogP contribution in [0.5, 0.6) is 5.88 Å². The van der Waals surface area contributed by atoms with Crippen molar-refractivity contribution in [3.8, 4) is 5.88 Å². The van der Waals surface area contributed by atoms with E-state index in [1.54, 1.807) is 29.7 Å². The van der Waals surface area contributed by atoms with Crippen molar-refractivity contribution in [1.82, 2.24) is 9.97 Å².